The van der Waals surface area contributed by atoms with Crippen LogP contribution in [0.5, 0.6) is 5.75 Å². The summed E-state index contributed by atoms with van der Waals surface area (Å²) in [5, 5.41) is 12.2. The molecule has 2 saturated heterocycles. The van der Waals surface area contributed by atoms with Crippen molar-refractivity contribution in [2.45, 2.75) is 50.0 Å². The van der Waals surface area contributed by atoms with E-state index in [1.165, 1.54) is 11.8 Å². The number of carbonyl (C=O) groups excluding carboxylic acids is 2. The Morgan fingerprint density at radius 2 is 1.94 bits per heavy atom. The van der Waals surface area contributed by atoms with Crippen LogP contribution in [-0.2, 0) is 20.9 Å². The molecular formula is C25H28N2O5S. The van der Waals surface area contributed by atoms with Crippen molar-refractivity contribution < 1.29 is 24.2 Å². The van der Waals surface area contributed by atoms with E-state index in [0.29, 0.717) is 0 Å². The predicted molar refractivity (Wildman–Crippen MR) is 124 cm³/mol. The maximum Gasteiger partial charge on any atom is 0.333 e. The molecule has 0 saturated carbocycles. The summed E-state index contributed by atoms with van der Waals surface area (Å²) in [6.45, 7) is 3.78. The number of hydrogen-bond donors (Lipinski definition) is 1. The van der Waals surface area contributed by atoms with E-state index in [2.05, 4.69) is 4.98 Å². The van der Waals surface area contributed by atoms with Crippen LogP contribution in [0.3, 0.4) is 0 Å². The molecular weight excluding hydrogens is 440 g/mol. The molecule has 4 rings (SSSR count). The lowest BCUT2D eigenvalue weighted by molar-refractivity contribution is -0.173. The lowest BCUT2D eigenvalue weighted by Crippen LogP contribution is -2.65. The third-order valence-electron chi connectivity index (χ3n) is 6.37. The molecule has 7 nitrogen and oxygen atoms in total. The number of β-lactam (4-membered cyclic amide) rings is 1. The molecule has 8 heteroatoms. The fraction of sp³-hybridized carbons (Fsp3) is 0.400. The van der Waals surface area contributed by atoms with Crippen molar-refractivity contribution in [2.75, 3.05) is 7.11 Å². The highest BCUT2D eigenvalue weighted by molar-refractivity contribution is 8.02. The lowest BCUT2D eigenvalue weighted by atomic mass is 9.77. The van der Waals surface area contributed by atoms with Gasteiger partial charge in [-0.05, 0) is 54.2 Å². The van der Waals surface area contributed by atoms with Crippen LogP contribution < -0.4 is 4.74 Å². The van der Waals surface area contributed by atoms with Crippen molar-refractivity contribution in [3.8, 4) is 5.75 Å². The topological polar surface area (TPSA) is 89.0 Å². The van der Waals surface area contributed by atoms with Gasteiger partial charge in [-0.15, -0.1) is 0 Å². The number of thioether (sulfide) groups is 1. The fourth-order valence-corrected chi connectivity index (χ4v) is 5.59. The van der Waals surface area contributed by atoms with Crippen LogP contribution in [0, 0.1) is 11.8 Å². The van der Waals surface area contributed by atoms with E-state index in [4.69, 9.17) is 9.47 Å². The number of carbonyl (C=O) groups is 2. The Labute approximate surface area is 197 Å². The first-order valence-electron chi connectivity index (χ1n) is 11.0. The minimum Gasteiger partial charge on any atom is -0.497 e. The molecule has 5 atom stereocenters. The quantitative estimate of drug-likeness (QED) is 0.361. The molecule has 3 unspecified atom stereocenters. The Kier molecular flexibility index (Phi) is 7.05. The molecule has 2 aliphatic rings. The van der Waals surface area contributed by atoms with Gasteiger partial charge in [-0.1, -0.05) is 30.8 Å². The van der Waals surface area contributed by atoms with Crippen molar-refractivity contribution in [1.29, 1.82) is 0 Å². The molecule has 1 aromatic heterocycles. The maximum absolute atomic E-state index is 13.3. The molecule has 1 amide bonds. The number of fused-ring (bicyclic) bond motifs is 1. The van der Waals surface area contributed by atoms with Gasteiger partial charge < -0.3 is 19.5 Å². The van der Waals surface area contributed by atoms with Gasteiger partial charge in [0.2, 0.25) is 5.91 Å². The van der Waals surface area contributed by atoms with Gasteiger partial charge in [0.25, 0.3) is 0 Å². The highest BCUT2D eigenvalue weighted by Gasteiger charge is 2.63. The highest BCUT2D eigenvalue weighted by atomic mass is 32.2. The van der Waals surface area contributed by atoms with E-state index >= 15 is 0 Å². The summed E-state index contributed by atoms with van der Waals surface area (Å²) < 4.78 is 10.8. The van der Waals surface area contributed by atoms with Crippen LogP contribution in [-0.4, -0.2) is 52.2 Å². The third kappa shape index (κ3) is 4.50. The molecule has 1 N–H and O–H groups in total. The third-order valence-corrected chi connectivity index (χ3v) is 7.30. The number of ether oxygens (including phenoxy) is 2. The zero-order valence-corrected chi connectivity index (χ0v) is 19.7. The summed E-state index contributed by atoms with van der Waals surface area (Å²) in [4.78, 5) is 32.8. The van der Waals surface area contributed by atoms with E-state index in [9.17, 15) is 14.7 Å². The number of aromatic nitrogens is 1. The standard InChI is InChI=1S/C25H28N2O5S/c1-4-19-20(14-33-18-9-11-26-12-10-18)23(27-22(19)21(15(2)28)24(27)29)25(30)32-13-16-5-7-17(31-3)8-6-16/h5-12,14-15,19,21-23,28H,4,13H2,1-3H3/t15?,19?,21-,22-,23?/m1/s1. The number of aliphatic hydroxyl groups is 1. The van der Waals surface area contributed by atoms with Crippen LogP contribution in [0.2, 0.25) is 0 Å². The fourth-order valence-electron chi connectivity index (χ4n) is 4.74. The molecule has 3 heterocycles. The van der Waals surface area contributed by atoms with E-state index in [1.807, 2.05) is 48.7 Å². The monoisotopic (exact) mass is 468 g/mol. The molecule has 2 fully saturated rings. The predicted octanol–water partition coefficient (Wildman–Crippen LogP) is 3.43. The summed E-state index contributed by atoms with van der Waals surface area (Å²) in [7, 11) is 1.60. The lowest BCUT2D eigenvalue weighted by Gasteiger charge is -2.47. The number of hydrogen-bond acceptors (Lipinski definition) is 7. The number of aliphatic hydroxyl groups excluding tert-OH is 1. The number of esters is 1. The van der Waals surface area contributed by atoms with Gasteiger partial charge in [-0.3, -0.25) is 9.78 Å². The van der Waals surface area contributed by atoms with Crippen molar-refractivity contribution in [1.82, 2.24) is 9.88 Å². The number of rotatable bonds is 8. The van der Waals surface area contributed by atoms with Crippen LogP contribution in [0.15, 0.2) is 64.7 Å². The Bertz CT molecular complexity index is 1020. The van der Waals surface area contributed by atoms with Crippen LogP contribution in [0.1, 0.15) is 25.8 Å². The van der Waals surface area contributed by atoms with Crippen molar-refractivity contribution in [2.24, 2.45) is 11.8 Å². The second-order valence-corrected chi connectivity index (χ2v) is 9.24. The molecule has 174 valence electrons. The van der Waals surface area contributed by atoms with E-state index in [0.717, 1.165) is 28.2 Å². The molecule has 2 aromatic rings. The van der Waals surface area contributed by atoms with Gasteiger partial charge in [-0.2, -0.15) is 0 Å². The van der Waals surface area contributed by atoms with Gasteiger partial charge in [-0.25, -0.2) is 4.79 Å². The first-order chi connectivity index (χ1) is 16.0. The van der Waals surface area contributed by atoms with Crippen LogP contribution in [0.25, 0.3) is 0 Å². The molecule has 0 bridgehead atoms. The average molecular weight is 469 g/mol. The Morgan fingerprint density at radius 1 is 1.24 bits per heavy atom. The zero-order valence-electron chi connectivity index (χ0n) is 18.9. The van der Waals surface area contributed by atoms with Gasteiger partial charge in [0.1, 0.15) is 12.4 Å². The molecule has 0 radical (unpaired) electrons. The van der Waals surface area contributed by atoms with E-state index in [-0.39, 0.29) is 24.5 Å². The van der Waals surface area contributed by atoms with Gasteiger partial charge in [0.05, 0.1) is 25.2 Å². The zero-order chi connectivity index (χ0) is 23.5. The number of amides is 1. The Hall–Kier alpha value is -2.84. The van der Waals surface area contributed by atoms with Gasteiger partial charge in [0.15, 0.2) is 6.04 Å². The van der Waals surface area contributed by atoms with Gasteiger partial charge in [0, 0.05) is 23.2 Å². The SMILES string of the molecule is CCC1C(=CSc2ccncc2)C(C(=O)OCc2ccc(OC)cc2)N2C(=O)[C@H](C(C)O)[C@@H]12. The summed E-state index contributed by atoms with van der Waals surface area (Å²) in [6, 6.07) is 10.1. The summed E-state index contributed by atoms with van der Waals surface area (Å²) >= 11 is 1.50. The molecule has 0 spiro atoms. The van der Waals surface area contributed by atoms with Crippen LogP contribution >= 0.6 is 11.8 Å². The van der Waals surface area contributed by atoms with Crippen molar-refractivity contribution >= 4 is 23.6 Å². The van der Waals surface area contributed by atoms with E-state index in [1.54, 1.807) is 31.3 Å². The summed E-state index contributed by atoms with van der Waals surface area (Å²) in [6.07, 6.45) is 3.42. The summed E-state index contributed by atoms with van der Waals surface area (Å²) in [5.74, 6) is -0.440. The number of nitrogens with zero attached hydrogens (tertiary/aromatic N) is 2. The Morgan fingerprint density at radius 3 is 2.55 bits per heavy atom. The smallest absolute Gasteiger partial charge is 0.333 e. The highest BCUT2D eigenvalue weighted by Crippen LogP contribution is 2.50. The van der Waals surface area contributed by atoms with E-state index < -0.39 is 24.0 Å². The number of pyridine rings is 1. The largest absolute Gasteiger partial charge is 0.497 e. The molecule has 1 aromatic carbocycles. The summed E-state index contributed by atoms with van der Waals surface area (Å²) in [5.41, 5.74) is 1.69. The molecule has 2 aliphatic heterocycles. The second kappa shape index (κ2) is 9.97. The Balaban J connectivity index is 1.58. The molecule has 33 heavy (non-hydrogen) atoms. The first kappa shape index (κ1) is 23.3. The number of benzene rings is 1. The second-order valence-electron chi connectivity index (χ2n) is 8.29. The minimum absolute atomic E-state index is 0.0184. The van der Waals surface area contributed by atoms with Crippen molar-refractivity contribution in [3.63, 3.8) is 0 Å². The van der Waals surface area contributed by atoms with Crippen LogP contribution in [0.4, 0.5) is 0 Å². The minimum atomic E-state index is -0.782. The normalized spacial score (nSPS) is 26.0. The van der Waals surface area contributed by atoms with Gasteiger partial charge >= 0.3 is 5.97 Å². The average Bonchev–Trinajstić information content (AvgIpc) is 3.11. The molecule has 0 aliphatic carbocycles. The first-order valence-corrected chi connectivity index (χ1v) is 11.9. The maximum atomic E-state index is 13.3. The van der Waals surface area contributed by atoms with Crippen molar-refractivity contribution in [3.05, 3.63) is 65.3 Å². The number of methoxy groups -OCH3 is 1.